The van der Waals surface area contributed by atoms with Gasteiger partial charge in [0.1, 0.15) is 5.82 Å². The number of carbonyl (C=O) groups is 1. The zero-order chi connectivity index (χ0) is 17.2. The molecule has 1 unspecified atom stereocenters. The van der Waals surface area contributed by atoms with Crippen LogP contribution in [0, 0.1) is 0 Å². The average Bonchev–Trinajstić information content (AvgIpc) is 2.91. The topological polar surface area (TPSA) is 56.7 Å². The van der Waals surface area contributed by atoms with Gasteiger partial charge in [0.15, 0.2) is 0 Å². The fourth-order valence-electron chi connectivity index (χ4n) is 3.91. The molecule has 1 N–H and O–H groups in total. The summed E-state index contributed by atoms with van der Waals surface area (Å²) in [6.45, 7) is 6.37. The summed E-state index contributed by atoms with van der Waals surface area (Å²) in [5, 5.41) is 10.3. The number of amides is 1. The lowest BCUT2D eigenvalue weighted by molar-refractivity contribution is 0.000320. The summed E-state index contributed by atoms with van der Waals surface area (Å²) in [7, 11) is 0. The molecule has 0 radical (unpaired) electrons. The van der Waals surface area contributed by atoms with Crippen molar-refractivity contribution in [1.82, 2.24) is 9.88 Å². The molecule has 2 fully saturated rings. The van der Waals surface area contributed by atoms with E-state index >= 15 is 0 Å². The fourth-order valence-corrected chi connectivity index (χ4v) is 3.91. The zero-order valence-electron chi connectivity index (χ0n) is 14.9. The van der Waals surface area contributed by atoms with Gasteiger partial charge in [-0.25, -0.2) is 4.98 Å². The van der Waals surface area contributed by atoms with Gasteiger partial charge in [0.2, 0.25) is 0 Å². The number of likely N-dealkylation sites (tertiary alicyclic amines) is 1. The lowest BCUT2D eigenvalue weighted by Gasteiger charge is -2.33. The second-order valence-electron chi connectivity index (χ2n) is 7.62. The van der Waals surface area contributed by atoms with E-state index < -0.39 is 5.60 Å². The van der Waals surface area contributed by atoms with Gasteiger partial charge in [-0.1, -0.05) is 12.8 Å². The van der Waals surface area contributed by atoms with Gasteiger partial charge in [-0.15, -0.1) is 0 Å². The Morgan fingerprint density at radius 3 is 2.42 bits per heavy atom. The highest BCUT2D eigenvalue weighted by Gasteiger charge is 2.38. The molecule has 2 aliphatic heterocycles. The molecule has 3 heterocycles. The van der Waals surface area contributed by atoms with Gasteiger partial charge < -0.3 is 14.9 Å². The van der Waals surface area contributed by atoms with E-state index in [-0.39, 0.29) is 11.9 Å². The predicted molar refractivity (Wildman–Crippen MR) is 95.3 cm³/mol. The first-order chi connectivity index (χ1) is 11.5. The number of anilines is 1. The monoisotopic (exact) mass is 331 g/mol. The van der Waals surface area contributed by atoms with E-state index in [0.29, 0.717) is 12.1 Å². The normalized spacial score (nSPS) is 22.5. The lowest BCUT2D eigenvalue weighted by Crippen LogP contribution is -2.48. The highest BCUT2D eigenvalue weighted by Crippen LogP contribution is 2.28. The van der Waals surface area contributed by atoms with E-state index in [0.717, 1.165) is 31.7 Å². The Hall–Kier alpha value is -1.62. The molecule has 132 valence electrons. The number of aromatic nitrogens is 1. The van der Waals surface area contributed by atoms with Crippen LogP contribution in [0.5, 0.6) is 0 Å². The number of nitrogens with zero attached hydrogens (tertiary/aromatic N) is 3. The Morgan fingerprint density at radius 1 is 1.12 bits per heavy atom. The Morgan fingerprint density at radius 2 is 1.83 bits per heavy atom. The largest absolute Gasteiger partial charge is 0.388 e. The summed E-state index contributed by atoms with van der Waals surface area (Å²) in [6, 6.07) is 3.73. The van der Waals surface area contributed by atoms with E-state index in [9.17, 15) is 9.90 Å². The summed E-state index contributed by atoms with van der Waals surface area (Å²) >= 11 is 0. The van der Waals surface area contributed by atoms with Crippen molar-refractivity contribution in [2.24, 2.45) is 0 Å². The molecular weight excluding hydrogens is 302 g/mol. The molecule has 0 saturated carbocycles. The van der Waals surface area contributed by atoms with Crippen LogP contribution in [0.25, 0.3) is 0 Å². The number of rotatable bonds is 3. The summed E-state index contributed by atoms with van der Waals surface area (Å²) in [6.07, 6.45) is 8.50. The van der Waals surface area contributed by atoms with Gasteiger partial charge in [0.25, 0.3) is 5.91 Å². The first kappa shape index (κ1) is 17.2. The summed E-state index contributed by atoms with van der Waals surface area (Å²) in [5.74, 6) is 0.948. The minimum atomic E-state index is -0.869. The Bertz CT molecular complexity index is 557. The van der Waals surface area contributed by atoms with Crippen molar-refractivity contribution < 1.29 is 9.90 Å². The van der Waals surface area contributed by atoms with Crippen LogP contribution in [0.4, 0.5) is 5.82 Å². The number of aliphatic hydroxyl groups is 1. The lowest BCUT2D eigenvalue weighted by atomic mass is 9.96. The zero-order valence-corrected chi connectivity index (χ0v) is 14.9. The third-order valence-corrected chi connectivity index (χ3v) is 5.25. The Labute approximate surface area is 144 Å². The molecule has 0 aliphatic carbocycles. The quantitative estimate of drug-likeness (QED) is 0.925. The van der Waals surface area contributed by atoms with Crippen LogP contribution in [0.3, 0.4) is 0 Å². The molecule has 3 rings (SSSR count). The fraction of sp³-hybridized carbons (Fsp3) is 0.684. The van der Waals surface area contributed by atoms with Gasteiger partial charge >= 0.3 is 0 Å². The van der Waals surface area contributed by atoms with Crippen LogP contribution in [0.1, 0.15) is 62.7 Å². The van der Waals surface area contributed by atoms with Gasteiger partial charge in [-0.05, 0) is 51.7 Å². The van der Waals surface area contributed by atoms with Crippen LogP contribution in [-0.2, 0) is 0 Å². The second-order valence-corrected chi connectivity index (χ2v) is 7.62. The minimum Gasteiger partial charge on any atom is -0.388 e. The maximum absolute atomic E-state index is 12.8. The summed E-state index contributed by atoms with van der Waals surface area (Å²) in [4.78, 5) is 21.5. The van der Waals surface area contributed by atoms with Crippen molar-refractivity contribution in [3.63, 3.8) is 0 Å². The van der Waals surface area contributed by atoms with Gasteiger partial charge in [0, 0.05) is 25.8 Å². The van der Waals surface area contributed by atoms with E-state index in [1.807, 2.05) is 17.0 Å². The third kappa shape index (κ3) is 3.72. The summed E-state index contributed by atoms with van der Waals surface area (Å²) in [5.41, 5.74) is -0.254. The first-order valence-electron chi connectivity index (χ1n) is 9.21. The van der Waals surface area contributed by atoms with Crippen molar-refractivity contribution >= 4 is 11.7 Å². The van der Waals surface area contributed by atoms with Crippen LogP contribution in [0.15, 0.2) is 18.3 Å². The highest BCUT2D eigenvalue weighted by molar-refractivity contribution is 5.94. The molecule has 1 aromatic heterocycles. The third-order valence-electron chi connectivity index (χ3n) is 5.25. The molecule has 2 saturated heterocycles. The Kier molecular flexibility index (Phi) is 5.09. The smallest absolute Gasteiger partial charge is 0.255 e. The predicted octanol–water partition coefficient (Wildman–Crippen LogP) is 2.84. The molecule has 0 aromatic carbocycles. The summed E-state index contributed by atoms with van der Waals surface area (Å²) < 4.78 is 0. The van der Waals surface area contributed by atoms with Crippen molar-refractivity contribution in [1.29, 1.82) is 0 Å². The molecule has 5 heteroatoms. The van der Waals surface area contributed by atoms with E-state index in [1.54, 1.807) is 20.0 Å². The maximum Gasteiger partial charge on any atom is 0.255 e. The average molecular weight is 331 g/mol. The number of hydrogen-bond donors (Lipinski definition) is 1. The molecule has 1 atom stereocenters. The van der Waals surface area contributed by atoms with Crippen molar-refractivity contribution in [2.75, 3.05) is 24.5 Å². The molecule has 0 spiro atoms. The molecular formula is C19H29N3O2. The van der Waals surface area contributed by atoms with Crippen LogP contribution in [0.2, 0.25) is 0 Å². The highest BCUT2D eigenvalue weighted by atomic mass is 16.3. The molecule has 24 heavy (non-hydrogen) atoms. The van der Waals surface area contributed by atoms with Gasteiger partial charge in [0.05, 0.1) is 17.2 Å². The first-order valence-corrected chi connectivity index (χ1v) is 9.21. The van der Waals surface area contributed by atoms with E-state index in [1.165, 1.54) is 25.7 Å². The van der Waals surface area contributed by atoms with Crippen molar-refractivity contribution in [3.8, 4) is 0 Å². The van der Waals surface area contributed by atoms with E-state index in [2.05, 4.69) is 9.88 Å². The second kappa shape index (κ2) is 7.09. The van der Waals surface area contributed by atoms with E-state index in [4.69, 9.17) is 0 Å². The van der Waals surface area contributed by atoms with Crippen molar-refractivity contribution in [2.45, 2.75) is 64.0 Å². The standard InChI is InChI=1S/C19H29N3O2/c1-19(2,24)16-8-7-13-22(16)18(23)15-9-10-17(20-14-15)21-11-5-3-4-6-12-21/h9-10,14,16,24H,3-8,11-13H2,1-2H3. The molecule has 0 bridgehead atoms. The minimum absolute atomic E-state index is 0.0189. The van der Waals surface area contributed by atoms with Gasteiger partial charge in [-0.3, -0.25) is 4.79 Å². The SMILES string of the molecule is CC(C)(O)C1CCCN1C(=O)c1ccc(N2CCCCCC2)nc1. The van der Waals surface area contributed by atoms with Crippen LogP contribution < -0.4 is 4.90 Å². The van der Waals surface area contributed by atoms with Crippen LogP contribution in [-0.4, -0.2) is 52.2 Å². The maximum atomic E-state index is 12.8. The van der Waals surface area contributed by atoms with Gasteiger partial charge in [-0.2, -0.15) is 0 Å². The molecule has 1 amide bonds. The van der Waals surface area contributed by atoms with Crippen molar-refractivity contribution in [3.05, 3.63) is 23.9 Å². The van der Waals surface area contributed by atoms with Crippen LogP contribution >= 0.6 is 0 Å². The Balaban J connectivity index is 1.72. The number of pyridine rings is 1. The number of carbonyl (C=O) groups excluding carboxylic acids is 1. The number of hydrogen-bond acceptors (Lipinski definition) is 4. The molecule has 2 aliphatic rings. The molecule has 1 aromatic rings. The molecule has 5 nitrogen and oxygen atoms in total.